The summed E-state index contributed by atoms with van der Waals surface area (Å²) in [5.41, 5.74) is 5.30. The second kappa shape index (κ2) is 6.06. The number of rotatable bonds is 4. The van der Waals surface area contributed by atoms with Crippen molar-refractivity contribution in [3.8, 4) is 21.6 Å². The number of aryl methyl sites for hydroxylation is 1. The Morgan fingerprint density at radius 3 is 1.90 bits per heavy atom. The molecule has 0 aliphatic carbocycles. The van der Waals surface area contributed by atoms with Crippen LogP contribution in [0.15, 0.2) is 66.0 Å². The Kier molecular flexibility index (Phi) is 3.98. The van der Waals surface area contributed by atoms with Crippen LogP contribution in [0.4, 0.5) is 0 Å². The molecule has 0 unspecified atom stereocenters. The van der Waals surface area contributed by atoms with Gasteiger partial charge in [-0.15, -0.1) is 11.3 Å². The third-order valence-electron chi connectivity index (χ3n) is 3.52. The minimum atomic E-state index is 1.16. The van der Waals surface area contributed by atoms with Gasteiger partial charge in [0.2, 0.25) is 0 Å². The van der Waals surface area contributed by atoms with Gasteiger partial charge < -0.3 is 0 Å². The average Bonchev–Trinajstić information content (AvgIpc) is 3.03. The summed E-state index contributed by atoms with van der Waals surface area (Å²) in [7, 11) is 0. The first-order valence-electron chi connectivity index (χ1n) is 7.10. The van der Waals surface area contributed by atoms with Crippen molar-refractivity contribution in [2.24, 2.45) is 0 Å². The maximum atomic E-state index is 2.24. The van der Waals surface area contributed by atoms with E-state index in [1.807, 2.05) is 0 Å². The number of hydrogen-bond donors (Lipinski definition) is 0. The molecule has 0 saturated carbocycles. The second-order valence-corrected chi connectivity index (χ2v) is 5.95. The van der Waals surface area contributed by atoms with E-state index in [-0.39, 0.29) is 0 Å². The smallest absolute Gasteiger partial charge is 0.0342 e. The van der Waals surface area contributed by atoms with Crippen LogP contribution in [0.1, 0.15) is 18.9 Å². The molecule has 0 amide bonds. The Labute approximate surface area is 124 Å². The molecule has 20 heavy (non-hydrogen) atoms. The van der Waals surface area contributed by atoms with Gasteiger partial charge in [-0.3, -0.25) is 0 Å². The lowest BCUT2D eigenvalue weighted by atomic mass is 10.0. The lowest BCUT2D eigenvalue weighted by Crippen LogP contribution is -1.83. The van der Waals surface area contributed by atoms with Gasteiger partial charge in [-0.2, -0.15) is 0 Å². The van der Waals surface area contributed by atoms with Gasteiger partial charge in [0.25, 0.3) is 0 Å². The van der Waals surface area contributed by atoms with Gasteiger partial charge in [0, 0.05) is 4.88 Å². The topological polar surface area (TPSA) is 0 Å². The van der Waals surface area contributed by atoms with Gasteiger partial charge in [-0.05, 0) is 40.1 Å². The monoisotopic (exact) mass is 278 g/mol. The van der Waals surface area contributed by atoms with Crippen molar-refractivity contribution in [1.82, 2.24) is 0 Å². The summed E-state index contributed by atoms with van der Waals surface area (Å²) >= 11 is 1.79. The van der Waals surface area contributed by atoms with Crippen LogP contribution in [0.5, 0.6) is 0 Å². The molecule has 100 valence electrons. The van der Waals surface area contributed by atoms with Crippen LogP contribution in [0.3, 0.4) is 0 Å². The number of benzene rings is 2. The molecule has 0 radical (unpaired) electrons. The predicted octanol–water partition coefficient (Wildman–Crippen LogP) is 6.03. The molecule has 0 saturated heterocycles. The van der Waals surface area contributed by atoms with Crippen molar-refractivity contribution in [1.29, 1.82) is 0 Å². The van der Waals surface area contributed by atoms with Crippen molar-refractivity contribution >= 4 is 11.3 Å². The first kappa shape index (κ1) is 13.1. The Balaban J connectivity index is 1.83. The molecule has 0 N–H and O–H groups in total. The van der Waals surface area contributed by atoms with E-state index < -0.39 is 0 Å². The minimum Gasteiger partial charge on any atom is -0.144 e. The Morgan fingerprint density at radius 1 is 0.750 bits per heavy atom. The zero-order valence-corrected chi connectivity index (χ0v) is 12.5. The second-order valence-electron chi connectivity index (χ2n) is 5.00. The molecule has 1 heteroatoms. The number of hydrogen-bond acceptors (Lipinski definition) is 1. The fraction of sp³-hybridized carbons (Fsp3) is 0.158. The molecule has 1 heterocycles. The molecule has 3 rings (SSSR count). The first-order chi connectivity index (χ1) is 9.86. The Morgan fingerprint density at radius 2 is 1.35 bits per heavy atom. The van der Waals surface area contributed by atoms with Crippen LogP contribution >= 0.6 is 11.3 Å². The highest BCUT2D eigenvalue weighted by Gasteiger charge is 2.01. The van der Waals surface area contributed by atoms with Crippen LogP contribution in [0.25, 0.3) is 21.6 Å². The molecular weight excluding hydrogens is 260 g/mol. The summed E-state index contributed by atoms with van der Waals surface area (Å²) in [5.74, 6) is 0. The van der Waals surface area contributed by atoms with Gasteiger partial charge in [0.15, 0.2) is 0 Å². The standard InChI is InChI=1S/C19H18S/c1-2-4-15-6-8-16(9-7-15)17-10-12-18(13-11-17)19-5-3-14-20-19/h3,5-14H,2,4H2,1H3. The van der Waals surface area contributed by atoms with Crippen molar-refractivity contribution in [3.05, 3.63) is 71.6 Å². The molecule has 0 atom stereocenters. The van der Waals surface area contributed by atoms with Crippen LogP contribution < -0.4 is 0 Å². The highest BCUT2D eigenvalue weighted by Crippen LogP contribution is 2.27. The molecule has 3 aromatic rings. The Bertz CT molecular complexity index is 646. The van der Waals surface area contributed by atoms with Gasteiger partial charge >= 0.3 is 0 Å². The molecular formula is C19H18S. The lowest BCUT2D eigenvalue weighted by molar-refractivity contribution is 0.922. The summed E-state index contributed by atoms with van der Waals surface area (Å²) in [6.07, 6.45) is 2.37. The fourth-order valence-electron chi connectivity index (χ4n) is 2.42. The van der Waals surface area contributed by atoms with Gasteiger partial charge in [0.05, 0.1) is 0 Å². The average molecular weight is 278 g/mol. The summed E-state index contributed by atoms with van der Waals surface area (Å²) in [5, 5.41) is 2.12. The molecule has 1 aromatic heterocycles. The maximum Gasteiger partial charge on any atom is 0.0342 e. The van der Waals surface area contributed by atoms with Gasteiger partial charge in [0.1, 0.15) is 0 Å². The maximum absolute atomic E-state index is 2.24. The third kappa shape index (κ3) is 2.83. The van der Waals surface area contributed by atoms with E-state index in [0.717, 1.165) is 6.42 Å². The van der Waals surface area contributed by atoms with Crippen LogP contribution in [-0.4, -0.2) is 0 Å². The first-order valence-corrected chi connectivity index (χ1v) is 7.98. The van der Waals surface area contributed by atoms with E-state index >= 15 is 0 Å². The van der Waals surface area contributed by atoms with E-state index in [0.29, 0.717) is 0 Å². The highest BCUT2D eigenvalue weighted by atomic mass is 32.1. The molecule has 0 fully saturated rings. The van der Waals surface area contributed by atoms with E-state index in [1.165, 1.54) is 33.6 Å². The molecule has 0 aliphatic rings. The van der Waals surface area contributed by atoms with E-state index in [9.17, 15) is 0 Å². The summed E-state index contributed by atoms with van der Waals surface area (Å²) in [6, 6.07) is 22.0. The fourth-order valence-corrected chi connectivity index (χ4v) is 3.16. The summed E-state index contributed by atoms with van der Waals surface area (Å²) in [4.78, 5) is 1.33. The van der Waals surface area contributed by atoms with Crippen LogP contribution in [-0.2, 0) is 6.42 Å². The lowest BCUT2D eigenvalue weighted by Gasteiger charge is -2.05. The van der Waals surface area contributed by atoms with Crippen LogP contribution in [0.2, 0.25) is 0 Å². The van der Waals surface area contributed by atoms with Crippen molar-refractivity contribution in [2.75, 3.05) is 0 Å². The Hall–Kier alpha value is -1.86. The predicted molar refractivity (Wildman–Crippen MR) is 89.2 cm³/mol. The van der Waals surface area contributed by atoms with Crippen molar-refractivity contribution in [2.45, 2.75) is 19.8 Å². The van der Waals surface area contributed by atoms with Gasteiger partial charge in [-0.1, -0.05) is 67.9 Å². The summed E-state index contributed by atoms with van der Waals surface area (Å²) < 4.78 is 0. The quantitative estimate of drug-likeness (QED) is 0.546. The van der Waals surface area contributed by atoms with Crippen molar-refractivity contribution in [3.63, 3.8) is 0 Å². The third-order valence-corrected chi connectivity index (χ3v) is 4.44. The molecule has 2 aromatic carbocycles. The minimum absolute atomic E-state index is 1.16. The largest absolute Gasteiger partial charge is 0.144 e. The van der Waals surface area contributed by atoms with E-state index in [4.69, 9.17) is 0 Å². The molecule has 0 spiro atoms. The van der Waals surface area contributed by atoms with Crippen molar-refractivity contribution < 1.29 is 0 Å². The number of thiophene rings is 1. The normalized spacial score (nSPS) is 10.7. The molecule has 0 bridgehead atoms. The zero-order valence-electron chi connectivity index (χ0n) is 11.7. The molecule has 0 nitrogen and oxygen atoms in total. The highest BCUT2D eigenvalue weighted by molar-refractivity contribution is 7.13. The SMILES string of the molecule is CCCc1ccc(-c2ccc(-c3cccs3)cc2)cc1. The van der Waals surface area contributed by atoms with E-state index in [1.54, 1.807) is 11.3 Å². The van der Waals surface area contributed by atoms with Gasteiger partial charge in [-0.25, -0.2) is 0 Å². The van der Waals surface area contributed by atoms with E-state index in [2.05, 4.69) is 73.0 Å². The zero-order chi connectivity index (χ0) is 13.8. The molecule has 0 aliphatic heterocycles. The van der Waals surface area contributed by atoms with Crippen LogP contribution in [0, 0.1) is 0 Å². The summed E-state index contributed by atoms with van der Waals surface area (Å²) in [6.45, 7) is 2.22.